The van der Waals surface area contributed by atoms with Gasteiger partial charge in [-0.15, -0.1) is 0 Å². The van der Waals surface area contributed by atoms with E-state index in [9.17, 15) is 28.8 Å². The van der Waals surface area contributed by atoms with Crippen LogP contribution in [0.3, 0.4) is 0 Å². The molecule has 1 saturated heterocycles. The fourth-order valence-electron chi connectivity index (χ4n) is 3.33. The largest absolute Gasteiger partial charge is 0.478 e. The summed E-state index contributed by atoms with van der Waals surface area (Å²) in [5.41, 5.74) is -2.75. The molecule has 0 aromatic heterocycles. The molecule has 1 rings (SSSR count). The van der Waals surface area contributed by atoms with Gasteiger partial charge in [-0.05, 0) is 68.7 Å². The molecule has 0 radical (unpaired) electrons. The Morgan fingerprint density at radius 3 is 1.79 bits per heavy atom. The molecule has 13 nitrogen and oxygen atoms in total. The summed E-state index contributed by atoms with van der Waals surface area (Å²) in [7, 11) is 0. The van der Waals surface area contributed by atoms with Crippen molar-refractivity contribution >= 4 is 35.9 Å². The van der Waals surface area contributed by atoms with Gasteiger partial charge in [0.15, 0.2) is 0 Å². The molecule has 2 atom stereocenters. The van der Waals surface area contributed by atoms with Crippen LogP contribution in [-0.2, 0) is 33.4 Å². The van der Waals surface area contributed by atoms with E-state index in [1.54, 1.807) is 62.3 Å². The number of esters is 1. The van der Waals surface area contributed by atoms with E-state index in [0.29, 0.717) is 11.0 Å². The van der Waals surface area contributed by atoms with Crippen LogP contribution in [-0.4, -0.2) is 92.8 Å². The molecule has 1 aliphatic rings. The second-order valence-corrected chi connectivity index (χ2v) is 11.7. The Morgan fingerprint density at radius 1 is 0.895 bits per heavy atom. The highest BCUT2D eigenvalue weighted by molar-refractivity contribution is 5.98. The predicted octanol–water partition coefficient (Wildman–Crippen LogP) is 2.23. The molecular weight excluding hydrogens is 502 g/mol. The molecule has 13 heteroatoms. The number of carbonyl (C=O) groups is 6. The number of carbonyl (C=O) groups excluding carboxylic acids is 5. The summed E-state index contributed by atoms with van der Waals surface area (Å²) in [5, 5.41) is 11.1. The molecule has 4 amide bonds. The fraction of sp³-hybridized carbons (Fsp3) is 0.680. The smallest absolute Gasteiger partial charge is 0.419 e. The quantitative estimate of drug-likeness (QED) is 0.277. The number of rotatable bonds is 7. The summed E-state index contributed by atoms with van der Waals surface area (Å²) in [6, 6.07) is -2.09. The Labute approximate surface area is 222 Å². The third-order valence-corrected chi connectivity index (χ3v) is 4.56. The Kier molecular flexibility index (Phi) is 10.5. The van der Waals surface area contributed by atoms with E-state index in [1.165, 1.54) is 0 Å². The first-order chi connectivity index (χ1) is 17.1. The molecule has 214 valence electrons. The number of aliphatic carboxylic acids is 1. The van der Waals surface area contributed by atoms with Crippen molar-refractivity contribution in [2.45, 2.75) is 97.6 Å². The van der Waals surface area contributed by atoms with Gasteiger partial charge in [0.1, 0.15) is 29.4 Å². The number of nitrogens with one attached hydrogen (secondary N) is 1. The average molecular weight is 542 g/mol. The third kappa shape index (κ3) is 11.6. The molecule has 0 spiro atoms. The summed E-state index contributed by atoms with van der Waals surface area (Å²) in [4.78, 5) is 76.3. The minimum Gasteiger partial charge on any atom is -0.478 e. The van der Waals surface area contributed by atoms with Gasteiger partial charge in [0.05, 0.1) is 12.6 Å². The zero-order valence-corrected chi connectivity index (χ0v) is 23.4. The lowest BCUT2D eigenvalue weighted by Crippen LogP contribution is -2.51. The number of hydrogen-bond acceptors (Lipinski definition) is 9. The van der Waals surface area contributed by atoms with Gasteiger partial charge < -0.3 is 29.5 Å². The first-order valence-electron chi connectivity index (χ1n) is 12.1. The van der Waals surface area contributed by atoms with Crippen LogP contribution in [0.5, 0.6) is 0 Å². The van der Waals surface area contributed by atoms with Gasteiger partial charge in [-0.25, -0.2) is 19.3 Å². The van der Waals surface area contributed by atoms with Crippen molar-refractivity contribution in [2.24, 2.45) is 0 Å². The number of carboxylic acids is 1. The lowest BCUT2D eigenvalue weighted by atomic mass is 10.1. The minimum atomic E-state index is -1.35. The van der Waals surface area contributed by atoms with Crippen molar-refractivity contribution in [3.8, 4) is 0 Å². The summed E-state index contributed by atoms with van der Waals surface area (Å²) < 4.78 is 16.0. The van der Waals surface area contributed by atoms with Gasteiger partial charge in [0.2, 0.25) is 11.8 Å². The van der Waals surface area contributed by atoms with E-state index < -0.39 is 77.9 Å². The SMILES string of the molecule is CC(C)(C)OC(=O)CN1C(=O)[C@H](NC(=O)C=CC(=O)O)C[C@H]1CN(C(=O)OC(C)(C)C)C(=O)OC(C)(C)C. The van der Waals surface area contributed by atoms with Crippen molar-refractivity contribution in [2.75, 3.05) is 13.1 Å². The number of ether oxygens (including phenoxy) is 3. The van der Waals surface area contributed by atoms with Gasteiger partial charge in [-0.3, -0.25) is 14.4 Å². The zero-order valence-electron chi connectivity index (χ0n) is 23.4. The second kappa shape index (κ2) is 12.3. The maximum absolute atomic E-state index is 13.2. The van der Waals surface area contributed by atoms with Crippen LogP contribution in [0, 0.1) is 0 Å². The Balaban J connectivity index is 3.31. The minimum absolute atomic E-state index is 0.101. The van der Waals surface area contributed by atoms with Crippen LogP contribution in [0.25, 0.3) is 0 Å². The van der Waals surface area contributed by atoms with Crippen molar-refractivity contribution in [3.63, 3.8) is 0 Å². The molecular formula is C25H39N3O10. The monoisotopic (exact) mass is 541 g/mol. The number of carboxylic acid groups (broad SMARTS) is 1. The van der Waals surface area contributed by atoms with Crippen LogP contribution >= 0.6 is 0 Å². The lowest BCUT2D eigenvalue weighted by Gasteiger charge is -2.32. The van der Waals surface area contributed by atoms with Crippen LogP contribution in [0.1, 0.15) is 68.7 Å². The van der Waals surface area contributed by atoms with Gasteiger partial charge in [0.25, 0.3) is 0 Å². The van der Waals surface area contributed by atoms with E-state index in [1.807, 2.05) is 0 Å². The van der Waals surface area contributed by atoms with Crippen molar-refractivity contribution in [1.29, 1.82) is 0 Å². The molecule has 1 fully saturated rings. The molecule has 0 aromatic carbocycles. The summed E-state index contributed by atoms with van der Waals surface area (Å²) in [5.74, 6) is -3.62. The number of nitrogens with zero attached hydrogens (tertiary/aromatic N) is 2. The number of likely N-dealkylation sites (tertiary alicyclic amines) is 1. The van der Waals surface area contributed by atoms with Crippen LogP contribution in [0.4, 0.5) is 9.59 Å². The summed E-state index contributed by atoms with van der Waals surface area (Å²) >= 11 is 0. The predicted molar refractivity (Wildman–Crippen MR) is 134 cm³/mol. The maximum atomic E-state index is 13.2. The highest BCUT2D eigenvalue weighted by Gasteiger charge is 2.44. The number of hydrogen-bond donors (Lipinski definition) is 2. The van der Waals surface area contributed by atoms with Gasteiger partial charge >= 0.3 is 24.1 Å². The highest BCUT2D eigenvalue weighted by Crippen LogP contribution is 2.24. The first-order valence-corrected chi connectivity index (χ1v) is 12.1. The molecule has 38 heavy (non-hydrogen) atoms. The van der Waals surface area contributed by atoms with E-state index in [0.717, 1.165) is 11.0 Å². The van der Waals surface area contributed by atoms with E-state index in [2.05, 4.69) is 5.32 Å². The Hall–Kier alpha value is -3.64. The van der Waals surface area contributed by atoms with E-state index in [-0.39, 0.29) is 6.42 Å². The third-order valence-electron chi connectivity index (χ3n) is 4.56. The molecule has 0 aromatic rings. The van der Waals surface area contributed by atoms with E-state index in [4.69, 9.17) is 19.3 Å². The fourth-order valence-corrected chi connectivity index (χ4v) is 3.33. The van der Waals surface area contributed by atoms with Crippen LogP contribution in [0.15, 0.2) is 12.2 Å². The normalized spacial score (nSPS) is 18.2. The van der Waals surface area contributed by atoms with Crippen molar-refractivity contribution < 1.29 is 48.1 Å². The zero-order chi connectivity index (χ0) is 29.6. The van der Waals surface area contributed by atoms with Gasteiger partial charge in [-0.1, -0.05) is 0 Å². The molecule has 0 aliphatic carbocycles. The standard InChI is InChI=1S/C25H39N3O10/c1-23(2,3)36-19(32)14-27-15(12-16(20(27)33)26-17(29)10-11-18(30)31)13-28(21(34)37-24(4,5)6)22(35)38-25(7,8)9/h10-11,15-16H,12-14H2,1-9H3,(H,26,29)(H,30,31)/t15-,16+/m0/s1. The first kappa shape index (κ1) is 32.4. The summed E-state index contributed by atoms with van der Waals surface area (Å²) in [6.07, 6.45) is -0.788. The van der Waals surface area contributed by atoms with Crippen molar-refractivity contribution in [1.82, 2.24) is 15.1 Å². The van der Waals surface area contributed by atoms with Crippen LogP contribution < -0.4 is 5.32 Å². The molecule has 1 aliphatic heterocycles. The number of amides is 4. The average Bonchev–Trinajstić information content (AvgIpc) is 2.94. The molecule has 2 N–H and O–H groups in total. The Bertz CT molecular complexity index is 941. The van der Waals surface area contributed by atoms with Gasteiger partial charge in [0, 0.05) is 12.2 Å². The molecule has 0 unspecified atom stereocenters. The number of imide groups is 1. The molecule has 0 bridgehead atoms. The second-order valence-electron chi connectivity index (χ2n) is 11.7. The lowest BCUT2D eigenvalue weighted by molar-refractivity contribution is -0.159. The van der Waals surface area contributed by atoms with E-state index >= 15 is 0 Å². The van der Waals surface area contributed by atoms with Crippen LogP contribution in [0.2, 0.25) is 0 Å². The van der Waals surface area contributed by atoms with Crippen molar-refractivity contribution in [3.05, 3.63) is 12.2 Å². The Morgan fingerprint density at radius 2 is 1.37 bits per heavy atom. The highest BCUT2D eigenvalue weighted by atomic mass is 16.6. The van der Waals surface area contributed by atoms with Gasteiger partial charge in [-0.2, -0.15) is 0 Å². The summed E-state index contributed by atoms with van der Waals surface area (Å²) in [6.45, 7) is 13.7. The molecule has 0 saturated carbocycles. The molecule has 1 heterocycles. The topological polar surface area (TPSA) is 169 Å². The maximum Gasteiger partial charge on any atom is 0.419 e.